The topological polar surface area (TPSA) is 72.6 Å². The number of aromatic amines is 1. The van der Waals surface area contributed by atoms with Crippen LogP contribution in [0, 0.1) is 0 Å². The van der Waals surface area contributed by atoms with Gasteiger partial charge in [-0.1, -0.05) is 42.5 Å². The van der Waals surface area contributed by atoms with Crippen molar-refractivity contribution < 1.29 is 19.0 Å². The van der Waals surface area contributed by atoms with E-state index in [-0.39, 0.29) is 18.2 Å². The third kappa shape index (κ3) is 4.80. The van der Waals surface area contributed by atoms with Crippen LogP contribution in [0.15, 0.2) is 72.9 Å². The SMILES string of the molecule is COc1ccc([C@H](CC(=O)NCc2ccccc2)c2c[nH]c3cccc(OC)c23)cc1OC. The minimum Gasteiger partial charge on any atom is -0.496 e. The number of H-pyrrole nitrogens is 1. The Hall–Kier alpha value is -3.93. The summed E-state index contributed by atoms with van der Waals surface area (Å²) < 4.78 is 16.6. The van der Waals surface area contributed by atoms with Crippen LogP contribution in [0.5, 0.6) is 17.2 Å². The monoisotopic (exact) mass is 444 g/mol. The molecule has 1 atom stereocenters. The number of nitrogens with one attached hydrogen (secondary N) is 2. The Morgan fingerprint density at radius 1 is 0.879 bits per heavy atom. The van der Waals surface area contributed by atoms with Crippen LogP contribution in [-0.2, 0) is 11.3 Å². The Kier molecular flexibility index (Phi) is 6.83. The largest absolute Gasteiger partial charge is 0.496 e. The van der Waals surface area contributed by atoms with Crippen molar-refractivity contribution in [1.29, 1.82) is 0 Å². The molecule has 1 heterocycles. The van der Waals surface area contributed by atoms with E-state index in [1.165, 1.54) is 0 Å². The summed E-state index contributed by atoms with van der Waals surface area (Å²) in [4.78, 5) is 16.4. The summed E-state index contributed by atoms with van der Waals surface area (Å²) in [5.41, 5.74) is 3.96. The standard InChI is InChI=1S/C27H28N2O4/c1-31-23-13-12-19(14-25(23)33-3)20(15-26(30)29-16-18-8-5-4-6-9-18)21-17-28-22-10-7-11-24(32-2)27(21)22/h4-14,17,20,28H,15-16H2,1-3H3,(H,29,30)/t20-/m0/s1. The van der Waals surface area contributed by atoms with Crippen LogP contribution in [0.1, 0.15) is 29.0 Å². The van der Waals surface area contributed by atoms with E-state index in [0.29, 0.717) is 18.0 Å². The Morgan fingerprint density at radius 2 is 1.64 bits per heavy atom. The van der Waals surface area contributed by atoms with Crippen LogP contribution in [0.3, 0.4) is 0 Å². The molecule has 0 saturated carbocycles. The average molecular weight is 445 g/mol. The van der Waals surface area contributed by atoms with Crippen molar-refractivity contribution in [2.45, 2.75) is 18.9 Å². The predicted octanol–water partition coefficient (Wildman–Crippen LogP) is 5.03. The predicted molar refractivity (Wildman–Crippen MR) is 129 cm³/mol. The second-order valence-electron chi connectivity index (χ2n) is 7.76. The lowest BCUT2D eigenvalue weighted by atomic mass is 9.87. The highest BCUT2D eigenvalue weighted by Crippen LogP contribution is 2.40. The van der Waals surface area contributed by atoms with Gasteiger partial charge in [0.15, 0.2) is 11.5 Å². The minimum absolute atomic E-state index is 0.0390. The molecular weight excluding hydrogens is 416 g/mol. The molecule has 0 unspecified atom stereocenters. The summed E-state index contributed by atoms with van der Waals surface area (Å²) in [5.74, 6) is 1.77. The molecule has 0 aliphatic heterocycles. The van der Waals surface area contributed by atoms with Gasteiger partial charge in [-0.25, -0.2) is 0 Å². The number of hydrogen-bond acceptors (Lipinski definition) is 4. The van der Waals surface area contributed by atoms with Gasteiger partial charge in [0.05, 0.1) is 21.3 Å². The molecule has 3 aromatic carbocycles. The molecular formula is C27H28N2O4. The highest BCUT2D eigenvalue weighted by Gasteiger charge is 2.24. The van der Waals surface area contributed by atoms with Crippen LogP contribution in [-0.4, -0.2) is 32.2 Å². The Balaban J connectivity index is 1.71. The van der Waals surface area contributed by atoms with Gasteiger partial charge >= 0.3 is 0 Å². The van der Waals surface area contributed by atoms with E-state index in [1.54, 1.807) is 21.3 Å². The maximum absolute atomic E-state index is 13.1. The van der Waals surface area contributed by atoms with Gasteiger partial charge in [-0.3, -0.25) is 4.79 Å². The molecule has 0 radical (unpaired) electrons. The van der Waals surface area contributed by atoms with Gasteiger partial charge < -0.3 is 24.5 Å². The molecule has 6 heteroatoms. The number of methoxy groups -OCH3 is 3. The molecule has 0 bridgehead atoms. The zero-order valence-corrected chi connectivity index (χ0v) is 19.1. The third-order valence-electron chi connectivity index (χ3n) is 5.83. The van der Waals surface area contributed by atoms with E-state index in [4.69, 9.17) is 14.2 Å². The summed E-state index contributed by atoms with van der Waals surface area (Å²) >= 11 is 0. The second kappa shape index (κ2) is 10.1. The highest BCUT2D eigenvalue weighted by molar-refractivity contribution is 5.91. The number of rotatable bonds is 9. The Morgan fingerprint density at radius 3 is 2.36 bits per heavy atom. The van der Waals surface area contributed by atoms with Gasteiger partial charge in [-0.15, -0.1) is 0 Å². The second-order valence-corrected chi connectivity index (χ2v) is 7.76. The Bertz CT molecular complexity index is 1230. The third-order valence-corrected chi connectivity index (χ3v) is 5.83. The number of fused-ring (bicyclic) bond motifs is 1. The van der Waals surface area contributed by atoms with Crippen LogP contribution < -0.4 is 19.5 Å². The molecule has 170 valence electrons. The zero-order valence-electron chi connectivity index (χ0n) is 19.1. The van der Waals surface area contributed by atoms with Crippen molar-refractivity contribution in [3.63, 3.8) is 0 Å². The molecule has 0 saturated heterocycles. The summed E-state index contributed by atoms with van der Waals surface area (Å²) in [7, 11) is 4.87. The molecule has 1 amide bonds. The minimum atomic E-state index is -0.217. The number of carbonyl (C=O) groups is 1. The zero-order chi connectivity index (χ0) is 23.2. The summed E-state index contributed by atoms with van der Waals surface area (Å²) in [6.07, 6.45) is 2.23. The van der Waals surface area contributed by atoms with Crippen LogP contribution in [0.2, 0.25) is 0 Å². The van der Waals surface area contributed by atoms with Crippen molar-refractivity contribution >= 4 is 16.8 Å². The number of carbonyl (C=O) groups excluding carboxylic acids is 1. The van der Waals surface area contributed by atoms with Crippen molar-refractivity contribution in [3.05, 3.63) is 89.6 Å². The fraction of sp³-hybridized carbons (Fsp3) is 0.222. The first-order valence-electron chi connectivity index (χ1n) is 10.8. The number of ether oxygens (including phenoxy) is 3. The molecule has 2 N–H and O–H groups in total. The van der Waals surface area contributed by atoms with Crippen molar-refractivity contribution in [1.82, 2.24) is 10.3 Å². The summed E-state index contributed by atoms with van der Waals surface area (Å²) in [6, 6.07) is 21.5. The summed E-state index contributed by atoms with van der Waals surface area (Å²) in [6.45, 7) is 0.482. The maximum atomic E-state index is 13.1. The van der Waals surface area contributed by atoms with Crippen LogP contribution in [0.4, 0.5) is 0 Å². The molecule has 1 aromatic heterocycles. The Labute approximate surface area is 193 Å². The number of hydrogen-bond donors (Lipinski definition) is 2. The van der Waals surface area contributed by atoms with Crippen molar-refractivity contribution in [3.8, 4) is 17.2 Å². The van der Waals surface area contributed by atoms with Gasteiger partial charge in [0.2, 0.25) is 5.91 Å². The average Bonchev–Trinajstić information content (AvgIpc) is 3.30. The molecule has 0 fully saturated rings. The van der Waals surface area contributed by atoms with E-state index in [2.05, 4.69) is 10.3 Å². The quantitative estimate of drug-likeness (QED) is 0.380. The van der Waals surface area contributed by atoms with Crippen molar-refractivity contribution in [2.75, 3.05) is 21.3 Å². The van der Waals surface area contributed by atoms with E-state index in [9.17, 15) is 4.79 Å². The lowest BCUT2D eigenvalue weighted by Gasteiger charge is -2.19. The van der Waals surface area contributed by atoms with Gasteiger partial charge in [-0.05, 0) is 41.0 Å². The highest BCUT2D eigenvalue weighted by atomic mass is 16.5. The number of aromatic nitrogens is 1. The van der Waals surface area contributed by atoms with Gasteiger partial charge in [0, 0.05) is 36.0 Å². The number of amides is 1. The molecule has 0 aliphatic carbocycles. The first-order chi connectivity index (χ1) is 16.1. The van der Waals surface area contributed by atoms with E-state index in [0.717, 1.165) is 33.3 Å². The van der Waals surface area contributed by atoms with E-state index >= 15 is 0 Å². The fourth-order valence-corrected chi connectivity index (χ4v) is 4.15. The lowest BCUT2D eigenvalue weighted by molar-refractivity contribution is -0.121. The fourth-order valence-electron chi connectivity index (χ4n) is 4.15. The van der Waals surface area contributed by atoms with Gasteiger partial charge in [-0.2, -0.15) is 0 Å². The molecule has 4 aromatic rings. The first kappa shape index (κ1) is 22.3. The summed E-state index contributed by atoms with van der Waals surface area (Å²) in [5, 5.41) is 4.02. The smallest absolute Gasteiger partial charge is 0.221 e. The number of benzene rings is 3. The molecule has 0 spiro atoms. The lowest BCUT2D eigenvalue weighted by Crippen LogP contribution is -2.25. The van der Waals surface area contributed by atoms with Crippen molar-refractivity contribution in [2.24, 2.45) is 0 Å². The normalized spacial score (nSPS) is 11.7. The molecule has 4 rings (SSSR count). The van der Waals surface area contributed by atoms with Gasteiger partial charge in [0.25, 0.3) is 0 Å². The molecule has 6 nitrogen and oxygen atoms in total. The van der Waals surface area contributed by atoms with Crippen LogP contribution >= 0.6 is 0 Å². The van der Waals surface area contributed by atoms with Crippen LogP contribution in [0.25, 0.3) is 10.9 Å². The van der Waals surface area contributed by atoms with Gasteiger partial charge in [0.1, 0.15) is 5.75 Å². The molecule has 33 heavy (non-hydrogen) atoms. The molecule has 0 aliphatic rings. The van der Waals surface area contributed by atoms with E-state index in [1.807, 2.05) is 72.9 Å². The first-order valence-corrected chi connectivity index (χ1v) is 10.8. The van der Waals surface area contributed by atoms with E-state index < -0.39 is 0 Å². The maximum Gasteiger partial charge on any atom is 0.221 e.